The first-order valence-corrected chi connectivity index (χ1v) is 12.1. The van der Waals surface area contributed by atoms with Gasteiger partial charge in [0.15, 0.2) is 0 Å². The zero-order valence-electron chi connectivity index (χ0n) is 19.1. The average Bonchev–Trinajstić information content (AvgIpc) is 3.49. The Labute approximate surface area is 194 Å². The molecule has 4 heteroatoms. The summed E-state index contributed by atoms with van der Waals surface area (Å²) in [5.74, 6) is 2.16. The van der Waals surface area contributed by atoms with E-state index in [1.54, 1.807) is 0 Å². The number of aryl methyl sites for hydroxylation is 1. The molecule has 2 heterocycles. The molecule has 0 bridgehead atoms. The molecule has 1 amide bonds. The number of imidazole rings is 1. The van der Waals surface area contributed by atoms with Crippen molar-refractivity contribution in [3.05, 3.63) is 78.4 Å². The van der Waals surface area contributed by atoms with Crippen LogP contribution in [0.5, 0.6) is 0 Å². The van der Waals surface area contributed by atoms with Crippen LogP contribution in [0.25, 0.3) is 33.5 Å². The van der Waals surface area contributed by atoms with Crippen LogP contribution < -0.4 is 0 Å². The van der Waals surface area contributed by atoms with E-state index in [1.807, 2.05) is 6.07 Å². The van der Waals surface area contributed by atoms with Gasteiger partial charge in [-0.2, -0.15) is 0 Å². The normalized spacial score (nSPS) is 18.2. The van der Waals surface area contributed by atoms with Crippen molar-refractivity contribution in [1.82, 2.24) is 14.5 Å². The molecule has 1 aliphatic carbocycles. The maximum absolute atomic E-state index is 12.6. The fourth-order valence-corrected chi connectivity index (χ4v) is 5.23. The molecule has 0 unspecified atom stereocenters. The van der Waals surface area contributed by atoms with Crippen LogP contribution in [-0.4, -0.2) is 33.4 Å². The Morgan fingerprint density at radius 3 is 2.36 bits per heavy atom. The van der Waals surface area contributed by atoms with Gasteiger partial charge in [-0.15, -0.1) is 0 Å². The molecule has 33 heavy (non-hydrogen) atoms. The Balaban J connectivity index is 1.33. The van der Waals surface area contributed by atoms with E-state index < -0.39 is 0 Å². The van der Waals surface area contributed by atoms with E-state index in [4.69, 9.17) is 4.98 Å². The molecule has 0 spiro atoms. The largest absolute Gasteiger partial charge is 0.342 e. The highest BCUT2D eigenvalue weighted by atomic mass is 16.2. The topological polar surface area (TPSA) is 38.1 Å². The van der Waals surface area contributed by atoms with Gasteiger partial charge in [-0.05, 0) is 54.9 Å². The number of benzene rings is 3. The van der Waals surface area contributed by atoms with Gasteiger partial charge in [0.05, 0.1) is 11.0 Å². The zero-order valence-corrected chi connectivity index (χ0v) is 19.1. The maximum atomic E-state index is 12.6. The van der Waals surface area contributed by atoms with Crippen LogP contribution in [0.2, 0.25) is 0 Å². The maximum Gasteiger partial charge on any atom is 0.225 e. The molecule has 1 aromatic heterocycles. The third-order valence-corrected chi connectivity index (χ3v) is 7.18. The molecule has 2 aliphatic rings. The number of hydrogen-bond donors (Lipinski definition) is 0. The number of aromatic nitrogens is 2. The third-order valence-electron chi connectivity index (χ3n) is 7.18. The quantitative estimate of drug-likeness (QED) is 0.389. The molecule has 6 rings (SSSR count). The summed E-state index contributed by atoms with van der Waals surface area (Å²) in [6.07, 6.45) is 3.22. The molecule has 0 radical (unpaired) electrons. The lowest BCUT2D eigenvalue weighted by atomic mass is 10.0. The van der Waals surface area contributed by atoms with Gasteiger partial charge in [-0.1, -0.05) is 66.7 Å². The van der Waals surface area contributed by atoms with Gasteiger partial charge in [-0.25, -0.2) is 4.98 Å². The monoisotopic (exact) mass is 435 g/mol. The molecule has 4 aromatic rings. The standard InChI is InChI=1S/C29H29N3O/c1-20-6-5-9-26-27(20)32(19-21-16-17-31(18-21)29(33)25-14-15-25)28(30-26)24-12-10-23(11-13-24)22-7-3-2-4-8-22/h2-13,21,25H,14-19H2,1H3/t21-/m1/s1. The lowest BCUT2D eigenvalue weighted by Crippen LogP contribution is -2.30. The van der Waals surface area contributed by atoms with Gasteiger partial charge >= 0.3 is 0 Å². The van der Waals surface area contributed by atoms with E-state index >= 15 is 0 Å². The summed E-state index contributed by atoms with van der Waals surface area (Å²) >= 11 is 0. The molecule has 3 aromatic carbocycles. The summed E-state index contributed by atoms with van der Waals surface area (Å²) in [6, 6.07) is 25.6. The number of fused-ring (bicyclic) bond motifs is 1. The van der Waals surface area contributed by atoms with Gasteiger partial charge in [0.1, 0.15) is 5.82 Å². The van der Waals surface area contributed by atoms with Crippen LogP contribution in [-0.2, 0) is 11.3 Å². The summed E-state index contributed by atoms with van der Waals surface area (Å²) in [5, 5.41) is 0. The van der Waals surface area contributed by atoms with Gasteiger partial charge in [0.25, 0.3) is 0 Å². The molecule has 4 nitrogen and oxygen atoms in total. The molecule has 166 valence electrons. The first-order chi connectivity index (χ1) is 16.2. The molecule has 1 atom stereocenters. The highest BCUT2D eigenvalue weighted by molar-refractivity contribution is 5.84. The first kappa shape index (κ1) is 20.2. The number of para-hydroxylation sites is 1. The van der Waals surface area contributed by atoms with Crippen LogP contribution >= 0.6 is 0 Å². The number of likely N-dealkylation sites (tertiary alicyclic amines) is 1. The van der Waals surface area contributed by atoms with E-state index in [0.29, 0.717) is 17.7 Å². The molecular weight excluding hydrogens is 406 g/mol. The summed E-state index contributed by atoms with van der Waals surface area (Å²) in [7, 11) is 0. The predicted molar refractivity (Wildman–Crippen MR) is 133 cm³/mol. The van der Waals surface area contributed by atoms with Crippen molar-refractivity contribution in [2.75, 3.05) is 13.1 Å². The molecule has 0 N–H and O–H groups in total. The van der Waals surface area contributed by atoms with E-state index in [2.05, 4.69) is 83.1 Å². The number of nitrogens with zero attached hydrogens (tertiary/aromatic N) is 3. The van der Waals surface area contributed by atoms with Gasteiger partial charge in [0.2, 0.25) is 5.91 Å². The molecule has 1 aliphatic heterocycles. The molecule has 1 saturated heterocycles. The predicted octanol–water partition coefficient (Wildman–Crippen LogP) is 5.94. The van der Waals surface area contributed by atoms with Crippen molar-refractivity contribution < 1.29 is 4.79 Å². The smallest absolute Gasteiger partial charge is 0.225 e. The Bertz CT molecular complexity index is 1300. The number of carbonyl (C=O) groups is 1. The Hall–Kier alpha value is -3.40. The second kappa shape index (κ2) is 8.18. The van der Waals surface area contributed by atoms with Crippen molar-refractivity contribution in [1.29, 1.82) is 0 Å². The van der Waals surface area contributed by atoms with Crippen LogP contribution in [0.15, 0.2) is 72.8 Å². The Morgan fingerprint density at radius 2 is 1.61 bits per heavy atom. The number of rotatable bonds is 5. The van der Waals surface area contributed by atoms with E-state index in [9.17, 15) is 4.79 Å². The van der Waals surface area contributed by atoms with Gasteiger partial charge in [-0.3, -0.25) is 4.79 Å². The minimum atomic E-state index is 0.304. The molecule has 1 saturated carbocycles. The van der Waals surface area contributed by atoms with Crippen LogP contribution in [0.3, 0.4) is 0 Å². The van der Waals surface area contributed by atoms with E-state index in [-0.39, 0.29) is 0 Å². The summed E-state index contributed by atoms with van der Waals surface area (Å²) < 4.78 is 2.40. The third kappa shape index (κ3) is 3.84. The van der Waals surface area contributed by atoms with Crippen molar-refractivity contribution in [3.63, 3.8) is 0 Å². The highest BCUT2D eigenvalue weighted by Gasteiger charge is 2.36. The Kier molecular flexibility index (Phi) is 5.01. The van der Waals surface area contributed by atoms with Crippen LogP contribution in [0.1, 0.15) is 24.8 Å². The number of amides is 1. The summed E-state index contributed by atoms with van der Waals surface area (Å²) in [4.78, 5) is 19.7. The van der Waals surface area contributed by atoms with Crippen molar-refractivity contribution in [2.45, 2.75) is 32.7 Å². The number of carbonyl (C=O) groups excluding carboxylic acids is 1. The fraction of sp³-hybridized carbons (Fsp3) is 0.310. The molecular formula is C29H29N3O. The minimum Gasteiger partial charge on any atom is -0.342 e. The van der Waals surface area contributed by atoms with Gasteiger partial charge < -0.3 is 9.47 Å². The summed E-state index contributed by atoms with van der Waals surface area (Å²) in [6.45, 7) is 4.83. The minimum absolute atomic E-state index is 0.304. The van der Waals surface area contributed by atoms with Crippen LogP contribution in [0.4, 0.5) is 0 Å². The zero-order chi connectivity index (χ0) is 22.4. The first-order valence-electron chi connectivity index (χ1n) is 12.1. The second-order valence-corrected chi connectivity index (χ2v) is 9.65. The highest BCUT2D eigenvalue weighted by Crippen LogP contribution is 2.34. The van der Waals surface area contributed by atoms with Gasteiger partial charge in [0, 0.05) is 31.1 Å². The van der Waals surface area contributed by atoms with Crippen molar-refractivity contribution in [3.8, 4) is 22.5 Å². The number of hydrogen-bond acceptors (Lipinski definition) is 2. The molecule has 2 fully saturated rings. The Morgan fingerprint density at radius 1 is 0.879 bits per heavy atom. The fourth-order valence-electron chi connectivity index (χ4n) is 5.23. The van der Waals surface area contributed by atoms with Crippen molar-refractivity contribution >= 4 is 16.9 Å². The van der Waals surface area contributed by atoms with E-state index in [1.165, 1.54) is 22.2 Å². The SMILES string of the molecule is Cc1cccc2nc(-c3ccc(-c4ccccc4)cc3)n(C[C@@H]3CCN(C(=O)C4CC4)C3)c12. The average molecular weight is 436 g/mol. The van der Waals surface area contributed by atoms with Crippen LogP contribution in [0, 0.1) is 18.8 Å². The summed E-state index contributed by atoms with van der Waals surface area (Å²) in [5.41, 5.74) is 7.07. The lowest BCUT2D eigenvalue weighted by Gasteiger charge is -2.18. The second-order valence-electron chi connectivity index (χ2n) is 9.65. The van der Waals surface area contributed by atoms with E-state index in [0.717, 1.165) is 55.8 Å². The van der Waals surface area contributed by atoms with Crippen molar-refractivity contribution in [2.24, 2.45) is 11.8 Å². The lowest BCUT2D eigenvalue weighted by molar-refractivity contribution is -0.131.